The van der Waals surface area contributed by atoms with Crippen molar-refractivity contribution in [2.45, 2.75) is 6.92 Å². The van der Waals surface area contributed by atoms with E-state index in [4.69, 9.17) is 11.6 Å². The first-order valence-electron chi connectivity index (χ1n) is 11.0. The third-order valence-corrected chi connectivity index (χ3v) is 5.95. The molecule has 3 amide bonds. The third kappa shape index (κ3) is 4.90. The van der Waals surface area contributed by atoms with Gasteiger partial charge < -0.3 is 26.3 Å². The number of benzene rings is 3. The van der Waals surface area contributed by atoms with E-state index in [1.165, 1.54) is 0 Å². The van der Waals surface area contributed by atoms with E-state index in [0.717, 1.165) is 33.9 Å². The smallest absolute Gasteiger partial charge is 0.323 e. The summed E-state index contributed by atoms with van der Waals surface area (Å²) < 4.78 is 0. The molecule has 0 saturated carbocycles. The number of carbonyl (C=O) groups excluding carboxylic acids is 2. The van der Waals surface area contributed by atoms with Gasteiger partial charge in [0.05, 0.1) is 22.0 Å². The monoisotopic (exact) mass is 483 g/mol. The average Bonchev–Trinajstić information content (AvgIpc) is 3.45. The Morgan fingerprint density at radius 1 is 0.914 bits per heavy atom. The predicted octanol–water partition coefficient (Wildman–Crippen LogP) is 6.86. The number of aryl methyl sites for hydroxylation is 1. The molecule has 0 bridgehead atoms. The minimum Gasteiger partial charge on any atom is -0.362 e. The average molecular weight is 484 g/mol. The molecular formula is C27H22ClN5O2. The van der Waals surface area contributed by atoms with Gasteiger partial charge in [-0.15, -0.1) is 0 Å². The minimum atomic E-state index is -0.394. The number of nitrogens with one attached hydrogen (secondary N) is 5. The Labute approximate surface area is 207 Å². The van der Waals surface area contributed by atoms with Gasteiger partial charge in [0, 0.05) is 34.5 Å². The fourth-order valence-corrected chi connectivity index (χ4v) is 4.03. The summed E-state index contributed by atoms with van der Waals surface area (Å²) in [6.45, 7) is 1.97. The Morgan fingerprint density at radius 3 is 2.54 bits per heavy atom. The van der Waals surface area contributed by atoms with Crippen LogP contribution in [0.25, 0.3) is 11.6 Å². The number of amides is 3. The molecule has 0 spiro atoms. The number of fused-ring (bicyclic) bond motifs is 1. The largest absolute Gasteiger partial charge is 0.362 e. The van der Waals surface area contributed by atoms with Crippen LogP contribution in [-0.4, -0.2) is 16.9 Å². The second kappa shape index (κ2) is 9.40. The van der Waals surface area contributed by atoms with Crippen molar-refractivity contribution in [3.63, 3.8) is 0 Å². The van der Waals surface area contributed by atoms with E-state index in [0.29, 0.717) is 22.0 Å². The molecule has 174 valence electrons. The van der Waals surface area contributed by atoms with E-state index in [-0.39, 0.29) is 5.91 Å². The van der Waals surface area contributed by atoms with Crippen LogP contribution in [0.2, 0.25) is 5.02 Å². The summed E-state index contributed by atoms with van der Waals surface area (Å²) >= 11 is 6.12. The summed E-state index contributed by atoms with van der Waals surface area (Å²) in [4.78, 5) is 28.0. The van der Waals surface area contributed by atoms with E-state index in [9.17, 15) is 9.59 Å². The lowest BCUT2D eigenvalue weighted by Gasteiger charge is -2.14. The lowest BCUT2D eigenvalue weighted by Crippen LogP contribution is -2.19. The molecule has 4 aromatic rings. The number of para-hydroxylation sites is 1. The molecule has 1 aliphatic rings. The van der Waals surface area contributed by atoms with Gasteiger partial charge in [0.25, 0.3) is 5.91 Å². The van der Waals surface area contributed by atoms with Gasteiger partial charge in [0.15, 0.2) is 0 Å². The maximum atomic E-state index is 12.5. The van der Waals surface area contributed by atoms with Crippen LogP contribution in [0.5, 0.6) is 0 Å². The number of rotatable bonds is 5. The maximum Gasteiger partial charge on any atom is 0.323 e. The molecule has 0 saturated heterocycles. The molecule has 1 aromatic heterocycles. The van der Waals surface area contributed by atoms with E-state index in [2.05, 4.69) is 26.3 Å². The van der Waals surface area contributed by atoms with Crippen LogP contribution in [0.1, 0.15) is 16.8 Å². The van der Waals surface area contributed by atoms with Crippen LogP contribution in [-0.2, 0) is 4.79 Å². The second-order valence-corrected chi connectivity index (χ2v) is 8.52. The van der Waals surface area contributed by atoms with Gasteiger partial charge in [0.2, 0.25) is 0 Å². The molecule has 5 rings (SSSR count). The topological polar surface area (TPSA) is 98.0 Å². The summed E-state index contributed by atoms with van der Waals surface area (Å²) in [6, 6.07) is 21.8. The van der Waals surface area contributed by atoms with Crippen LogP contribution in [0.4, 0.5) is 33.2 Å². The van der Waals surface area contributed by atoms with E-state index in [1.54, 1.807) is 24.3 Å². The molecule has 0 fully saturated rings. The summed E-state index contributed by atoms with van der Waals surface area (Å²) in [6.07, 6.45) is 3.65. The molecule has 7 nitrogen and oxygen atoms in total. The molecule has 8 heteroatoms. The van der Waals surface area contributed by atoms with Crippen molar-refractivity contribution in [3.05, 3.63) is 101 Å². The molecule has 35 heavy (non-hydrogen) atoms. The highest BCUT2D eigenvalue weighted by Gasteiger charge is 2.24. The fourth-order valence-electron chi connectivity index (χ4n) is 3.84. The van der Waals surface area contributed by atoms with Crippen LogP contribution in [0, 0.1) is 6.92 Å². The molecular weight excluding hydrogens is 462 g/mol. The number of aromatic amines is 1. The number of aromatic nitrogens is 1. The number of urea groups is 1. The first-order chi connectivity index (χ1) is 17.0. The van der Waals surface area contributed by atoms with Gasteiger partial charge in [0.1, 0.15) is 0 Å². The van der Waals surface area contributed by atoms with E-state index in [1.807, 2.05) is 67.7 Å². The molecule has 5 N–H and O–H groups in total. The Kier molecular flexibility index (Phi) is 5.99. The number of H-pyrrole nitrogens is 1. The maximum absolute atomic E-state index is 12.5. The Bertz CT molecular complexity index is 1460. The zero-order valence-electron chi connectivity index (χ0n) is 18.8. The van der Waals surface area contributed by atoms with Crippen LogP contribution < -0.4 is 21.3 Å². The van der Waals surface area contributed by atoms with Gasteiger partial charge in [-0.2, -0.15) is 0 Å². The molecule has 1 aliphatic heterocycles. The fraction of sp³-hybridized carbons (Fsp3) is 0.0370. The summed E-state index contributed by atoms with van der Waals surface area (Å²) in [5.74, 6) is -0.140. The van der Waals surface area contributed by atoms with Crippen molar-refractivity contribution in [3.8, 4) is 0 Å². The van der Waals surface area contributed by atoms with E-state index >= 15 is 0 Å². The Morgan fingerprint density at radius 2 is 1.74 bits per heavy atom. The van der Waals surface area contributed by atoms with Crippen LogP contribution >= 0.6 is 11.6 Å². The van der Waals surface area contributed by atoms with Crippen LogP contribution in [0.15, 0.2) is 79.0 Å². The van der Waals surface area contributed by atoms with Gasteiger partial charge in [-0.05, 0) is 67.1 Å². The Hall–Kier alpha value is -4.49. The zero-order valence-corrected chi connectivity index (χ0v) is 19.5. The minimum absolute atomic E-state index is 0.140. The molecule has 0 radical (unpaired) electrons. The number of carbonyl (C=O) groups is 2. The summed E-state index contributed by atoms with van der Waals surface area (Å²) in [5.41, 5.74) is 6.85. The summed E-state index contributed by atoms with van der Waals surface area (Å²) in [5, 5.41) is 12.3. The highest BCUT2D eigenvalue weighted by Crippen LogP contribution is 2.36. The molecule has 3 aromatic carbocycles. The van der Waals surface area contributed by atoms with Crippen molar-refractivity contribution in [1.82, 2.24) is 4.98 Å². The van der Waals surface area contributed by atoms with Crippen molar-refractivity contribution < 1.29 is 9.59 Å². The second-order valence-electron chi connectivity index (χ2n) is 8.11. The van der Waals surface area contributed by atoms with Gasteiger partial charge in [-0.1, -0.05) is 35.9 Å². The zero-order chi connectivity index (χ0) is 24.4. The molecule has 0 aliphatic carbocycles. The standard InChI is InChI=1S/C27H22ClN5O2/c1-16-8-9-19(31-27(35)33-23-7-3-2-6-22(23)28)14-24(16)30-18-10-11-20-21(13-17-5-4-12-29-17)26(34)32-25(20)15-18/h2-15,29-30H,1H3,(H,32,34)(H2,31,33,35). The quantitative estimate of drug-likeness (QED) is 0.201. The van der Waals surface area contributed by atoms with Crippen molar-refractivity contribution in [2.75, 3.05) is 21.3 Å². The van der Waals surface area contributed by atoms with Crippen LogP contribution in [0.3, 0.4) is 0 Å². The van der Waals surface area contributed by atoms with Crippen molar-refractivity contribution in [1.29, 1.82) is 0 Å². The third-order valence-electron chi connectivity index (χ3n) is 5.62. The number of hydrogen-bond donors (Lipinski definition) is 5. The lowest BCUT2D eigenvalue weighted by atomic mass is 10.1. The Balaban J connectivity index is 1.32. The SMILES string of the molecule is Cc1ccc(NC(=O)Nc2ccccc2Cl)cc1Nc1ccc2c(c1)NC(=O)C2=Cc1ccc[nH]1. The van der Waals surface area contributed by atoms with Gasteiger partial charge in [-0.3, -0.25) is 4.79 Å². The molecule has 2 heterocycles. The highest BCUT2D eigenvalue weighted by atomic mass is 35.5. The number of anilines is 5. The van der Waals surface area contributed by atoms with Gasteiger partial charge in [-0.25, -0.2) is 4.79 Å². The first-order valence-corrected chi connectivity index (χ1v) is 11.3. The normalized spacial score (nSPS) is 13.3. The first kappa shape index (κ1) is 22.3. The van der Waals surface area contributed by atoms with Crippen molar-refractivity contribution >= 4 is 63.6 Å². The molecule has 0 atom stereocenters. The van der Waals surface area contributed by atoms with Crippen molar-refractivity contribution in [2.24, 2.45) is 0 Å². The predicted molar refractivity (Wildman–Crippen MR) is 142 cm³/mol. The number of hydrogen-bond acceptors (Lipinski definition) is 3. The highest BCUT2D eigenvalue weighted by molar-refractivity contribution is 6.35. The molecule has 0 unspecified atom stereocenters. The summed E-state index contributed by atoms with van der Waals surface area (Å²) in [7, 11) is 0. The van der Waals surface area contributed by atoms with Gasteiger partial charge >= 0.3 is 6.03 Å². The number of halogens is 1. The van der Waals surface area contributed by atoms with E-state index < -0.39 is 6.03 Å². The lowest BCUT2D eigenvalue weighted by molar-refractivity contribution is -0.110.